The first kappa shape index (κ1) is 15.9. The van der Waals surface area contributed by atoms with E-state index < -0.39 is 11.1 Å². The third kappa shape index (κ3) is 2.53. The topological polar surface area (TPSA) is 71.8 Å². The van der Waals surface area contributed by atoms with E-state index in [0.717, 1.165) is 12.8 Å². The zero-order chi connectivity index (χ0) is 17.5. The summed E-state index contributed by atoms with van der Waals surface area (Å²) in [5.41, 5.74) is -0.349. The van der Waals surface area contributed by atoms with Gasteiger partial charge in [0.25, 0.3) is 11.8 Å². The monoisotopic (exact) mass is 340 g/mol. The molecule has 0 spiro atoms. The third-order valence-electron chi connectivity index (χ3n) is 5.30. The van der Waals surface area contributed by atoms with E-state index in [-0.39, 0.29) is 11.8 Å². The molecule has 2 aromatic rings. The first-order valence-electron chi connectivity index (χ1n) is 8.35. The van der Waals surface area contributed by atoms with Crippen molar-refractivity contribution in [2.75, 3.05) is 20.2 Å². The smallest absolute Gasteiger partial charge is 0.289 e. The van der Waals surface area contributed by atoms with Crippen LogP contribution in [-0.4, -0.2) is 48.1 Å². The Balaban J connectivity index is 1.53. The van der Waals surface area contributed by atoms with Gasteiger partial charge in [0, 0.05) is 25.8 Å². The first-order chi connectivity index (χ1) is 12.1. The van der Waals surface area contributed by atoms with Crippen LogP contribution in [0.2, 0.25) is 0 Å². The van der Waals surface area contributed by atoms with Crippen molar-refractivity contribution in [3.05, 3.63) is 60.1 Å². The molecule has 0 bridgehead atoms. The summed E-state index contributed by atoms with van der Waals surface area (Å²) < 4.78 is 10.9. The molecule has 2 heterocycles. The second-order valence-electron chi connectivity index (χ2n) is 6.74. The third-order valence-corrected chi connectivity index (χ3v) is 5.30. The van der Waals surface area contributed by atoms with E-state index in [1.54, 1.807) is 36.3 Å². The fourth-order valence-electron chi connectivity index (χ4n) is 3.66. The number of carbonyl (C=O) groups excluding carboxylic acids is 2. The summed E-state index contributed by atoms with van der Waals surface area (Å²) in [4.78, 5) is 26.8. The molecule has 6 nitrogen and oxygen atoms in total. The van der Waals surface area contributed by atoms with Crippen LogP contribution in [0.25, 0.3) is 0 Å². The average molecular weight is 340 g/mol. The van der Waals surface area contributed by atoms with Gasteiger partial charge in [0.05, 0.1) is 11.9 Å². The summed E-state index contributed by atoms with van der Waals surface area (Å²) in [5, 5.41) is 3.14. The van der Waals surface area contributed by atoms with Gasteiger partial charge in [-0.05, 0) is 37.1 Å². The average Bonchev–Trinajstić information content (AvgIpc) is 3.22. The molecule has 25 heavy (non-hydrogen) atoms. The minimum atomic E-state index is -0.559. The molecule has 6 heteroatoms. The summed E-state index contributed by atoms with van der Waals surface area (Å²) in [6.45, 7) is 0.831. The number of hydrogen-bond acceptors (Lipinski definition) is 4. The van der Waals surface area contributed by atoms with E-state index in [0.29, 0.717) is 24.4 Å². The van der Waals surface area contributed by atoms with E-state index in [2.05, 4.69) is 5.32 Å². The summed E-state index contributed by atoms with van der Waals surface area (Å²) in [6.07, 6.45) is 3.23. The number of carbonyl (C=O) groups is 2. The zero-order valence-electron chi connectivity index (χ0n) is 14.0. The van der Waals surface area contributed by atoms with Crippen LogP contribution in [0.15, 0.2) is 53.1 Å². The molecule has 1 saturated carbocycles. The highest BCUT2D eigenvalue weighted by Crippen LogP contribution is 2.51. The maximum absolute atomic E-state index is 12.7. The Morgan fingerprint density at radius 2 is 1.84 bits per heavy atom. The highest BCUT2D eigenvalue weighted by Gasteiger charge is 2.66. The van der Waals surface area contributed by atoms with Crippen molar-refractivity contribution in [2.24, 2.45) is 0 Å². The van der Waals surface area contributed by atoms with Crippen molar-refractivity contribution in [3.8, 4) is 0 Å². The minimum Gasteiger partial charge on any atom is -0.459 e. The predicted molar refractivity (Wildman–Crippen MR) is 90.2 cm³/mol. The van der Waals surface area contributed by atoms with Crippen molar-refractivity contribution in [2.45, 2.75) is 24.0 Å². The zero-order valence-corrected chi connectivity index (χ0v) is 14.0. The number of amides is 2. The molecule has 0 radical (unpaired) electrons. The SMILES string of the molecule is COC1(C2(NC(=O)c3ccccc3)CN(C(=O)c3ccco3)C2)CC1. The molecular formula is C19H20N2O4. The standard InChI is InChI=1S/C19H20N2O4/c1-24-19(9-10-19)18(20-16(22)14-6-3-2-4-7-14)12-21(13-18)17(23)15-8-5-11-25-15/h2-8,11H,9-10,12-13H2,1H3,(H,20,22). The van der Waals surface area contributed by atoms with Crippen LogP contribution in [-0.2, 0) is 4.74 Å². The summed E-state index contributed by atoms with van der Waals surface area (Å²) in [5.74, 6) is 0.000704. The fraction of sp³-hybridized carbons (Fsp3) is 0.368. The number of likely N-dealkylation sites (tertiary alicyclic amines) is 1. The lowest BCUT2D eigenvalue weighted by Crippen LogP contribution is -2.77. The van der Waals surface area contributed by atoms with E-state index >= 15 is 0 Å². The van der Waals surface area contributed by atoms with Crippen molar-refractivity contribution in [1.29, 1.82) is 0 Å². The van der Waals surface area contributed by atoms with Crippen molar-refractivity contribution in [3.63, 3.8) is 0 Å². The Hall–Kier alpha value is -2.60. The molecule has 1 aromatic heterocycles. The van der Waals surface area contributed by atoms with Crippen molar-refractivity contribution >= 4 is 11.8 Å². The molecule has 4 rings (SSSR count). The Morgan fingerprint density at radius 1 is 1.12 bits per heavy atom. The normalized spacial score (nSPS) is 19.8. The van der Waals surface area contributed by atoms with Gasteiger partial charge >= 0.3 is 0 Å². The van der Waals surface area contributed by atoms with Crippen LogP contribution in [0.1, 0.15) is 33.8 Å². The number of nitrogens with one attached hydrogen (secondary N) is 1. The van der Waals surface area contributed by atoms with Gasteiger partial charge in [-0.15, -0.1) is 0 Å². The molecule has 0 atom stereocenters. The van der Waals surface area contributed by atoms with Gasteiger partial charge in [0.1, 0.15) is 5.54 Å². The maximum Gasteiger partial charge on any atom is 0.289 e. The van der Waals surface area contributed by atoms with Gasteiger partial charge in [-0.3, -0.25) is 9.59 Å². The lowest BCUT2D eigenvalue weighted by Gasteiger charge is -2.54. The Labute approximate surface area is 145 Å². The van der Waals surface area contributed by atoms with Crippen LogP contribution in [0.4, 0.5) is 0 Å². The molecule has 1 N–H and O–H groups in total. The van der Waals surface area contributed by atoms with Crippen LogP contribution in [0.5, 0.6) is 0 Å². The molecule has 130 valence electrons. The molecular weight excluding hydrogens is 320 g/mol. The Kier molecular flexibility index (Phi) is 3.65. The summed E-state index contributed by atoms with van der Waals surface area (Å²) >= 11 is 0. The molecule has 1 aromatic carbocycles. The van der Waals surface area contributed by atoms with E-state index in [4.69, 9.17) is 9.15 Å². The van der Waals surface area contributed by atoms with Gasteiger partial charge in [-0.1, -0.05) is 18.2 Å². The summed E-state index contributed by atoms with van der Waals surface area (Å²) in [7, 11) is 1.67. The maximum atomic E-state index is 12.7. The highest BCUT2D eigenvalue weighted by molar-refractivity contribution is 5.96. The quantitative estimate of drug-likeness (QED) is 0.905. The number of ether oxygens (including phenoxy) is 1. The minimum absolute atomic E-state index is 0.144. The predicted octanol–water partition coefficient (Wildman–Crippen LogP) is 2.08. The molecule has 2 aliphatic rings. The fourth-order valence-corrected chi connectivity index (χ4v) is 3.66. The lowest BCUT2D eigenvalue weighted by molar-refractivity contribution is -0.0715. The van der Waals surface area contributed by atoms with Gasteiger partial charge in [-0.2, -0.15) is 0 Å². The van der Waals surface area contributed by atoms with Gasteiger partial charge in [-0.25, -0.2) is 0 Å². The molecule has 2 fully saturated rings. The number of nitrogens with zero attached hydrogens (tertiary/aromatic N) is 1. The van der Waals surface area contributed by atoms with Crippen molar-refractivity contribution in [1.82, 2.24) is 10.2 Å². The molecule has 1 aliphatic heterocycles. The van der Waals surface area contributed by atoms with Crippen LogP contribution in [0, 0.1) is 0 Å². The first-order valence-corrected chi connectivity index (χ1v) is 8.35. The lowest BCUT2D eigenvalue weighted by atomic mass is 9.80. The largest absolute Gasteiger partial charge is 0.459 e. The van der Waals surface area contributed by atoms with Crippen LogP contribution in [0.3, 0.4) is 0 Å². The highest BCUT2D eigenvalue weighted by atomic mass is 16.5. The second kappa shape index (κ2) is 5.74. The number of benzene rings is 1. The number of hydrogen-bond donors (Lipinski definition) is 1. The van der Waals surface area contributed by atoms with Crippen molar-refractivity contribution < 1.29 is 18.7 Å². The summed E-state index contributed by atoms with van der Waals surface area (Å²) in [6, 6.07) is 12.4. The van der Waals surface area contributed by atoms with Crippen LogP contribution < -0.4 is 5.32 Å². The number of methoxy groups -OCH3 is 1. The van der Waals surface area contributed by atoms with Gasteiger partial charge in [0.2, 0.25) is 0 Å². The molecule has 2 amide bonds. The number of furan rings is 1. The second-order valence-corrected chi connectivity index (χ2v) is 6.74. The Morgan fingerprint density at radius 3 is 2.40 bits per heavy atom. The molecule has 1 saturated heterocycles. The Bertz CT molecular complexity index is 775. The van der Waals surface area contributed by atoms with E-state index in [1.165, 1.54) is 6.26 Å². The van der Waals surface area contributed by atoms with Gasteiger partial charge < -0.3 is 19.4 Å². The number of rotatable bonds is 5. The van der Waals surface area contributed by atoms with E-state index in [1.807, 2.05) is 18.2 Å². The molecule has 0 unspecified atom stereocenters. The molecule has 1 aliphatic carbocycles. The van der Waals surface area contributed by atoms with Crippen LogP contribution >= 0.6 is 0 Å². The van der Waals surface area contributed by atoms with E-state index in [9.17, 15) is 9.59 Å². The van der Waals surface area contributed by atoms with Gasteiger partial charge in [0.15, 0.2) is 5.76 Å².